The lowest BCUT2D eigenvalue weighted by atomic mass is 9.87. The van der Waals surface area contributed by atoms with Crippen molar-refractivity contribution >= 4 is 12.0 Å². The third-order valence-electron chi connectivity index (χ3n) is 3.38. The van der Waals surface area contributed by atoms with Crippen LogP contribution in [0.5, 0.6) is 0 Å². The quantitative estimate of drug-likeness (QED) is 0.672. The standard InChI is InChI=1S/C15H28N2O3/c1-10(7-11-5-6-11)16-14(20)17-12(8-13(18)19)9-15(2,3)4/h10-12H,5-9H2,1-4H3,(H,18,19)(H2,16,17,20). The number of carboxylic acid groups (broad SMARTS) is 1. The first-order valence-corrected chi connectivity index (χ1v) is 7.44. The maximum atomic E-state index is 11.9. The van der Waals surface area contributed by atoms with Crippen LogP contribution < -0.4 is 10.6 Å². The van der Waals surface area contributed by atoms with Crippen molar-refractivity contribution in [3.63, 3.8) is 0 Å². The van der Waals surface area contributed by atoms with Crippen molar-refractivity contribution in [1.29, 1.82) is 0 Å². The van der Waals surface area contributed by atoms with Crippen LogP contribution in [0.25, 0.3) is 0 Å². The molecular formula is C15H28N2O3. The molecule has 0 aromatic carbocycles. The van der Waals surface area contributed by atoms with E-state index in [4.69, 9.17) is 5.11 Å². The van der Waals surface area contributed by atoms with Gasteiger partial charge in [-0.05, 0) is 31.1 Å². The number of hydrogen-bond acceptors (Lipinski definition) is 2. The molecule has 0 aromatic rings. The van der Waals surface area contributed by atoms with Gasteiger partial charge in [0.05, 0.1) is 6.42 Å². The van der Waals surface area contributed by atoms with Crippen LogP contribution in [0.15, 0.2) is 0 Å². The largest absolute Gasteiger partial charge is 0.481 e. The van der Waals surface area contributed by atoms with E-state index in [9.17, 15) is 9.59 Å². The summed E-state index contributed by atoms with van der Waals surface area (Å²) in [6.45, 7) is 8.11. The molecule has 1 saturated carbocycles. The Balaban J connectivity index is 2.41. The molecule has 1 rings (SSSR count). The van der Waals surface area contributed by atoms with Crippen LogP contribution in [0.3, 0.4) is 0 Å². The highest BCUT2D eigenvalue weighted by molar-refractivity contribution is 5.76. The minimum atomic E-state index is -0.884. The lowest BCUT2D eigenvalue weighted by molar-refractivity contribution is -0.137. The molecule has 2 unspecified atom stereocenters. The number of rotatable bonds is 7. The summed E-state index contributed by atoms with van der Waals surface area (Å²) in [5.41, 5.74) is -0.0208. The molecule has 0 heterocycles. The first kappa shape index (κ1) is 16.8. The van der Waals surface area contributed by atoms with E-state index < -0.39 is 5.97 Å². The Kier molecular flexibility index (Phi) is 5.84. The number of hydrogen-bond donors (Lipinski definition) is 3. The van der Waals surface area contributed by atoms with E-state index in [1.54, 1.807) is 0 Å². The number of nitrogens with one attached hydrogen (secondary N) is 2. The van der Waals surface area contributed by atoms with Gasteiger partial charge < -0.3 is 15.7 Å². The van der Waals surface area contributed by atoms with Crippen molar-refractivity contribution in [2.24, 2.45) is 11.3 Å². The summed E-state index contributed by atoms with van der Waals surface area (Å²) in [7, 11) is 0. The highest BCUT2D eigenvalue weighted by Gasteiger charge is 2.26. The number of urea groups is 1. The number of amides is 2. The summed E-state index contributed by atoms with van der Waals surface area (Å²) < 4.78 is 0. The van der Waals surface area contributed by atoms with Crippen molar-refractivity contribution in [2.45, 2.75) is 71.9 Å². The Morgan fingerprint density at radius 1 is 1.25 bits per heavy atom. The molecule has 5 nitrogen and oxygen atoms in total. The molecule has 2 atom stereocenters. The topological polar surface area (TPSA) is 78.4 Å². The molecule has 0 aromatic heterocycles. The Hall–Kier alpha value is -1.26. The zero-order chi connectivity index (χ0) is 15.3. The molecule has 116 valence electrons. The fraction of sp³-hybridized carbons (Fsp3) is 0.867. The smallest absolute Gasteiger partial charge is 0.315 e. The van der Waals surface area contributed by atoms with Crippen LogP contribution in [0.1, 0.15) is 59.8 Å². The van der Waals surface area contributed by atoms with Crippen LogP contribution in [-0.2, 0) is 4.79 Å². The van der Waals surface area contributed by atoms with Crippen LogP contribution in [0.4, 0.5) is 4.79 Å². The highest BCUT2D eigenvalue weighted by atomic mass is 16.4. The minimum absolute atomic E-state index is 0.0208. The lowest BCUT2D eigenvalue weighted by Gasteiger charge is -2.26. The molecule has 0 aliphatic heterocycles. The monoisotopic (exact) mass is 284 g/mol. The highest BCUT2D eigenvalue weighted by Crippen LogP contribution is 2.33. The van der Waals surface area contributed by atoms with E-state index >= 15 is 0 Å². The van der Waals surface area contributed by atoms with E-state index in [0.717, 1.165) is 12.3 Å². The van der Waals surface area contributed by atoms with E-state index in [0.29, 0.717) is 6.42 Å². The second-order valence-corrected chi connectivity index (χ2v) is 7.26. The van der Waals surface area contributed by atoms with Crippen molar-refractivity contribution in [1.82, 2.24) is 10.6 Å². The first-order valence-electron chi connectivity index (χ1n) is 7.44. The molecule has 2 amide bonds. The maximum Gasteiger partial charge on any atom is 0.315 e. The third kappa shape index (κ3) is 8.02. The zero-order valence-electron chi connectivity index (χ0n) is 13.0. The molecule has 1 aliphatic carbocycles. The van der Waals surface area contributed by atoms with Gasteiger partial charge in [-0.3, -0.25) is 4.79 Å². The van der Waals surface area contributed by atoms with Crippen molar-refractivity contribution in [3.8, 4) is 0 Å². The molecule has 0 spiro atoms. The van der Waals surface area contributed by atoms with Gasteiger partial charge >= 0.3 is 12.0 Å². The molecule has 3 N–H and O–H groups in total. The SMILES string of the molecule is CC(CC1CC1)NC(=O)NC(CC(=O)O)CC(C)(C)C. The van der Waals surface area contributed by atoms with Crippen molar-refractivity contribution < 1.29 is 14.7 Å². The average molecular weight is 284 g/mol. The van der Waals surface area contributed by atoms with Gasteiger partial charge in [-0.25, -0.2) is 4.79 Å². The number of carboxylic acids is 1. The van der Waals surface area contributed by atoms with Gasteiger partial charge in [0.2, 0.25) is 0 Å². The first-order chi connectivity index (χ1) is 9.15. The molecule has 0 radical (unpaired) electrons. The van der Waals surface area contributed by atoms with Crippen LogP contribution >= 0.6 is 0 Å². The fourth-order valence-corrected chi connectivity index (χ4v) is 2.49. The Morgan fingerprint density at radius 2 is 1.85 bits per heavy atom. The number of carbonyl (C=O) groups excluding carboxylic acids is 1. The number of carbonyl (C=O) groups is 2. The van der Waals surface area contributed by atoms with Gasteiger partial charge in [0.15, 0.2) is 0 Å². The fourth-order valence-electron chi connectivity index (χ4n) is 2.49. The van der Waals surface area contributed by atoms with Gasteiger partial charge in [0.25, 0.3) is 0 Å². The molecule has 5 heteroatoms. The summed E-state index contributed by atoms with van der Waals surface area (Å²) in [6, 6.07) is -0.447. The van der Waals surface area contributed by atoms with Gasteiger partial charge in [-0.1, -0.05) is 33.6 Å². The summed E-state index contributed by atoms with van der Waals surface area (Å²) >= 11 is 0. The Bertz CT molecular complexity index is 346. The van der Waals surface area contributed by atoms with E-state index in [-0.39, 0.29) is 30.0 Å². The lowest BCUT2D eigenvalue weighted by Crippen LogP contribution is -2.47. The summed E-state index contributed by atoms with van der Waals surface area (Å²) in [5.74, 6) is -0.125. The molecular weight excluding hydrogens is 256 g/mol. The predicted octanol–water partition coefficient (Wildman–Crippen LogP) is 2.75. The minimum Gasteiger partial charge on any atom is -0.481 e. The second kappa shape index (κ2) is 6.95. The predicted molar refractivity (Wildman–Crippen MR) is 78.6 cm³/mol. The van der Waals surface area contributed by atoms with Gasteiger partial charge in [-0.2, -0.15) is 0 Å². The van der Waals surface area contributed by atoms with E-state index in [1.165, 1.54) is 12.8 Å². The van der Waals surface area contributed by atoms with Crippen LogP contribution in [0, 0.1) is 11.3 Å². The van der Waals surface area contributed by atoms with Crippen LogP contribution in [-0.4, -0.2) is 29.2 Å². The summed E-state index contributed by atoms with van der Waals surface area (Å²) in [4.78, 5) is 22.8. The molecule has 20 heavy (non-hydrogen) atoms. The van der Waals surface area contributed by atoms with Gasteiger partial charge in [0.1, 0.15) is 0 Å². The molecule has 0 bridgehead atoms. The van der Waals surface area contributed by atoms with E-state index in [2.05, 4.69) is 10.6 Å². The maximum absolute atomic E-state index is 11.9. The summed E-state index contributed by atoms with van der Waals surface area (Å²) in [6.07, 6.45) is 4.14. The normalized spacial score (nSPS) is 18.2. The molecule has 1 aliphatic rings. The van der Waals surface area contributed by atoms with Crippen molar-refractivity contribution in [2.75, 3.05) is 0 Å². The van der Waals surface area contributed by atoms with Gasteiger partial charge in [-0.15, -0.1) is 0 Å². The zero-order valence-corrected chi connectivity index (χ0v) is 13.0. The van der Waals surface area contributed by atoms with Crippen LogP contribution in [0.2, 0.25) is 0 Å². The Morgan fingerprint density at radius 3 is 2.30 bits per heavy atom. The average Bonchev–Trinajstić information content (AvgIpc) is 2.96. The Labute approximate surface area is 121 Å². The molecule has 0 saturated heterocycles. The molecule has 1 fully saturated rings. The number of aliphatic carboxylic acids is 1. The third-order valence-corrected chi connectivity index (χ3v) is 3.38. The van der Waals surface area contributed by atoms with Crippen molar-refractivity contribution in [3.05, 3.63) is 0 Å². The second-order valence-electron chi connectivity index (χ2n) is 7.26. The summed E-state index contributed by atoms with van der Waals surface area (Å²) in [5, 5.41) is 14.6. The van der Waals surface area contributed by atoms with E-state index in [1.807, 2.05) is 27.7 Å². The van der Waals surface area contributed by atoms with Gasteiger partial charge in [0, 0.05) is 12.1 Å².